The first-order valence-electron chi connectivity index (χ1n) is 6.28. The molecule has 112 valence electrons. The highest BCUT2D eigenvalue weighted by atomic mass is 79.9. The van der Waals surface area contributed by atoms with Crippen molar-refractivity contribution in [1.29, 1.82) is 0 Å². The minimum atomic E-state index is 0.561. The van der Waals surface area contributed by atoms with Gasteiger partial charge in [0.25, 0.3) is 0 Å². The number of aromatic nitrogens is 1. The zero-order chi connectivity index (χ0) is 15.4. The van der Waals surface area contributed by atoms with Gasteiger partial charge in [-0.25, -0.2) is 4.98 Å². The standard InChI is InChI=1S/C15H17BrN2O3/c1-9-5-14(17-8-11(9)16)18-10-6-12(19-2)15(21-4)13(7-10)20-3/h5-8H,1-4H3,(H,17,18). The highest BCUT2D eigenvalue weighted by Gasteiger charge is 2.13. The van der Waals surface area contributed by atoms with Gasteiger partial charge in [0.05, 0.1) is 21.3 Å². The molecule has 1 heterocycles. The van der Waals surface area contributed by atoms with Crippen molar-refractivity contribution in [1.82, 2.24) is 4.98 Å². The van der Waals surface area contributed by atoms with E-state index in [9.17, 15) is 0 Å². The molecule has 0 saturated heterocycles. The van der Waals surface area contributed by atoms with Crippen molar-refractivity contribution in [2.24, 2.45) is 0 Å². The Morgan fingerprint density at radius 2 is 1.62 bits per heavy atom. The van der Waals surface area contributed by atoms with Crippen LogP contribution in [0.2, 0.25) is 0 Å². The summed E-state index contributed by atoms with van der Waals surface area (Å²) in [7, 11) is 4.75. The number of ether oxygens (including phenoxy) is 3. The Bertz CT molecular complexity index is 622. The molecule has 0 saturated carbocycles. The van der Waals surface area contributed by atoms with E-state index in [-0.39, 0.29) is 0 Å². The number of hydrogen-bond donors (Lipinski definition) is 1. The van der Waals surface area contributed by atoms with E-state index >= 15 is 0 Å². The molecule has 0 bridgehead atoms. The molecule has 2 rings (SSSR count). The highest BCUT2D eigenvalue weighted by molar-refractivity contribution is 9.10. The van der Waals surface area contributed by atoms with Crippen LogP contribution in [0.5, 0.6) is 17.2 Å². The monoisotopic (exact) mass is 352 g/mol. The summed E-state index contributed by atoms with van der Waals surface area (Å²) in [5.74, 6) is 2.48. The van der Waals surface area contributed by atoms with E-state index in [1.807, 2.05) is 25.1 Å². The minimum Gasteiger partial charge on any atom is -0.493 e. The molecule has 1 aromatic carbocycles. The van der Waals surface area contributed by atoms with Gasteiger partial charge in [0, 0.05) is 28.5 Å². The third kappa shape index (κ3) is 3.39. The van der Waals surface area contributed by atoms with Crippen LogP contribution >= 0.6 is 15.9 Å². The van der Waals surface area contributed by atoms with E-state index in [0.29, 0.717) is 17.2 Å². The summed E-state index contributed by atoms with van der Waals surface area (Å²) in [4.78, 5) is 4.32. The van der Waals surface area contributed by atoms with Gasteiger partial charge < -0.3 is 19.5 Å². The van der Waals surface area contributed by atoms with Gasteiger partial charge in [0.1, 0.15) is 5.82 Å². The molecule has 0 atom stereocenters. The summed E-state index contributed by atoms with van der Waals surface area (Å²) in [6, 6.07) is 5.62. The molecule has 0 radical (unpaired) electrons. The number of hydrogen-bond acceptors (Lipinski definition) is 5. The predicted octanol–water partition coefficient (Wildman–Crippen LogP) is 3.92. The van der Waals surface area contributed by atoms with Crippen LogP contribution in [0.15, 0.2) is 28.9 Å². The Balaban J connectivity index is 2.37. The predicted molar refractivity (Wildman–Crippen MR) is 86.1 cm³/mol. The van der Waals surface area contributed by atoms with Crippen molar-refractivity contribution in [3.63, 3.8) is 0 Å². The van der Waals surface area contributed by atoms with Crippen LogP contribution in [0.4, 0.5) is 11.5 Å². The molecule has 0 unspecified atom stereocenters. The second-order valence-electron chi connectivity index (χ2n) is 4.36. The normalized spacial score (nSPS) is 10.1. The van der Waals surface area contributed by atoms with Crippen molar-refractivity contribution in [2.45, 2.75) is 6.92 Å². The molecule has 5 nitrogen and oxygen atoms in total. The molecule has 0 aliphatic heterocycles. The first-order chi connectivity index (χ1) is 10.1. The second kappa shape index (κ2) is 6.67. The summed E-state index contributed by atoms with van der Waals surface area (Å²) >= 11 is 3.43. The van der Waals surface area contributed by atoms with Crippen molar-refractivity contribution in [3.05, 3.63) is 34.4 Å². The van der Waals surface area contributed by atoms with E-state index in [0.717, 1.165) is 21.5 Å². The maximum Gasteiger partial charge on any atom is 0.203 e. The molecule has 2 aromatic rings. The molecule has 1 N–H and O–H groups in total. The van der Waals surface area contributed by atoms with Gasteiger partial charge in [-0.2, -0.15) is 0 Å². The van der Waals surface area contributed by atoms with E-state index in [1.54, 1.807) is 27.5 Å². The maximum absolute atomic E-state index is 5.33. The van der Waals surface area contributed by atoms with Crippen molar-refractivity contribution in [2.75, 3.05) is 26.6 Å². The van der Waals surface area contributed by atoms with Gasteiger partial charge >= 0.3 is 0 Å². The number of halogens is 1. The smallest absolute Gasteiger partial charge is 0.203 e. The van der Waals surface area contributed by atoms with E-state index in [2.05, 4.69) is 26.2 Å². The third-order valence-electron chi connectivity index (χ3n) is 2.98. The number of benzene rings is 1. The molecule has 0 spiro atoms. The minimum absolute atomic E-state index is 0.561. The molecule has 0 fully saturated rings. The molecule has 21 heavy (non-hydrogen) atoms. The average Bonchev–Trinajstić information content (AvgIpc) is 2.49. The summed E-state index contributed by atoms with van der Waals surface area (Å²) in [6.45, 7) is 2.01. The number of aryl methyl sites for hydroxylation is 1. The summed E-state index contributed by atoms with van der Waals surface area (Å²) in [5, 5.41) is 3.23. The Kier molecular flexibility index (Phi) is 4.90. The fourth-order valence-corrected chi connectivity index (χ4v) is 2.13. The largest absolute Gasteiger partial charge is 0.493 e. The topological polar surface area (TPSA) is 52.6 Å². The zero-order valence-electron chi connectivity index (χ0n) is 12.4. The lowest BCUT2D eigenvalue weighted by atomic mass is 10.2. The lowest BCUT2D eigenvalue weighted by Crippen LogP contribution is -1.99. The number of methoxy groups -OCH3 is 3. The molecule has 6 heteroatoms. The van der Waals surface area contributed by atoms with Crippen molar-refractivity contribution < 1.29 is 14.2 Å². The Morgan fingerprint density at radius 3 is 2.10 bits per heavy atom. The highest BCUT2D eigenvalue weighted by Crippen LogP contribution is 2.40. The third-order valence-corrected chi connectivity index (χ3v) is 3.81. The lowest BCUT2D eigenvalue weighted by molar-refractivity contribution is 0.324. The first kappa shape index (κ1) is 15.4. The first-order valence-corrected chi connectivity index (χ1v) is 7.07. The molecule has 0 aliphatic rings. The molecular formula is C15H17BrN2O3. The summed E-state index contributed by atoms with van der Waals surface area (Å²) in [5.41, 5.74) is 1.90. The number of anilines is 2. The Labute approximate surface area is 132 Å². The number of nitrogens with one attached hydrogen (secondary N) is 1. The van der Waals surface area contributed by atoms with Crippen LogP contribution in [0.3, 0.4) is 0 Å². The van der Waals surface area contributed by atoms with Crippen LogP contribution in [0.1, 0.15) is 5.56 Å². The van der Waals surface area contributed by atoms with E-state index in [4.69, 9.17) is 14.2 Å². The van der Waals surface area contributed by atoms with Gasteiger partial charge in [0.2, 0.25) is 5.75 Å². The SMILES string of the molecule is COc1cc(Nc2cc(C)c(Br)cn2)cc(OC)c1OC. The fraction of sp³-hybridized carbons (Fsp3) is 0.267. The van der Waals surface area contributed by atoms with Crippen LogP contribution in [0.25, 0.3) is 0 Å². The number of rotatable bonds is 5. The Morgan fingerprint density at radius 1 is 1.00 bits per heavy atom. The van der Waals surface area contributed by atoms with Crippen molar-refractivity contribution >= 4 is 27.4 Å². The number of pyridine rings is 1. The van der Waals surface area contributed by atoms with Crippen LogP contribution in [0, 0.1) is 6.92 Å². The van der Waals surface area contributed by atoms with Crippen LogP contribution in [-0.2, 0) is 0 Å². The van der Waals surface area contributed by atoms with Crippen molar-refractivity contribution in [3.8, 4) is 17.2 Å². The Hall–Kier alpha value is -1.95. The van der Waals surface area contributed by atoms with E-state index in [1.165, 1.54) is 0 Å². The van der Waals surface area contributed by atoms with E-state index < -0.39 is 0 Å². The second-order valence-corrected chi connectivity index (χ2v) is 5.21. The molecular weight excluding hydrogens is 336 g/mol. The van der Waals surface area contributed by atoms with Gasteiger partial charge in [-0.3, -0.25) is 0 Å². The van der Waals surface area contributed by atoms with Gasteiger partial charge in [-0.15, -0.1) is 0 Å². The lowest BCUT2D eigenvalue weighted by Gasteiger charge is -2.15. The summed E-state index contributed by atoms with van der Waals surface area (Å²) in [6.07, 6.45) is 1.76. The quantitative estimate of drug-likeness (QED) is 0.883. The zero-order valence-corrected chi connectivity index (χ0v) is 13.9. The fourth-order valence-electron chi connectivity index (χ4n) is 1.91. The average molecular weight is 353 g/mol. The molecule has 1 aromatic heterocycles. The molecule has 0 amide bonds. The van der Waals surface area contributed by atoms with Gasteiger partial charge in [-0.1, -0.05) is 0 Å². The number of nitrogens with zero attached hydrogens (tertiary/aromatic N) is 1. The van der Waals surface area contributed by atoms with Gasteiger partial charge in [-0.05, 0) is 34.5 Å². The van der Waals surface area contributed by atoms with Crippen LogP contribution < -0.4 is 19.5 Å². The van der Waals surface area contributed by atoms with Crippen LogP contribution in [-0.4, -0.2) is 26.3 Å². The van der Waals surface area contributed by atoms with Gasteiger partial charge in [0.15, 0.2) is 11.5 Å². The summed E-state index contributed by atoms with van der Waals surface area (Å²) < 4.78 is 16.9. The molecule has 0 aliphatic carbocycles. The maximum atomic E-state index is 5.33.